The molecule has 3 amide bonds. The molecule has 0 radical (unpaired) electrons. The molecule has 6 nitrogen and oxygen atoms in total. The topological polar surface area (TPSA) is 78.5 Å². The largest absolute Gasteiger partial charge is 0.353 e. The van der Waals surface area contributed by atoms with Gasteiger partial charge in [-0.15, -0.1) is 0 Å². The third kappa shape index (κ3) is 5.33. The van der Waals surface area contributed by atoms with Crippen LogP contribution in [0.2, 0.25) is 0 Å². The number of likely N-dealkylation sites (tertiary alicyclic amines) is 1. The summed E-state index contributed by atoms with van der Waals surface area (Å²) in [6.07, 6.45) is 5.98. The van der Waals surface area contributed by atoms with E-state index in [1.54, 1.807) is 24.3 Å². The van der Waals surface area contributed by atoms with Crippen molar-refractivity contribution in [3.05, 3.63) is 29.8 Å². The fourth-order valence-corrected chi connectivity index (χ4v) is 4.15. The molecule has 0 atom stereocenters. The number of hydrogen-bond acceptors (Lipinski definition) is 3. The molecule has 2 N–H and O–H groups in total. The normalized spacial score (nSPS) is 23.1. The van der Waals surface area contributed by atoms with Gasteiger partial charge >= 0.3 is 0 Å². The minimum absolute atomic E-state index is 0.00513. The maximum Gasteiger partial charge on any atom is 0.253 e. The summed E-state index contributed by atoms with van der Waals surface area (Å²) < 4.78 is 0. The monoisotopic (exact) mass is 385 g/mol. The molecule has 1 aliphatic carbocycles. The van der Waals surface area contributed by atoms with E-state index in [9.17, 15) is 14.4 Å². The maximum absolute atomic E-state index is 12.7. The number of carbonyl (C=O) groups is 3. The Balaban J connectivity index is 1.47. The lowest BCUT2D eigenvalue weighted by atomic mass is 9.86. The number of rotatable bonds is 4. The van der Waals surface area contributed by atoms with Gasteiger partial charge in [-0.2, -0.15) is 0 Å². The van der Waals surface area contributed by atoms with Crippen LogP contribution in [0.4, 0.5) is 5.69 Å². The third-order valence-electron chi connectivity index (χ3n) is 5.97. The summed E-state index contributed by atoms with van der Waals surface area (Å²) in [6, 6.07) is 7.26. The molecule has 0 unspecified atom stereocenters. The summed E-state index contributed by atoms with van der Waals surface area (Å²) in [5.74, 6) is 0.781. The van der Waals surface area contributed by atoms with Crippen molar-refractivity contribution in [1.29, 1.82) is 0 Å². The lowest BCUT2D eigenvalue weighted by Crippen LogP contribution is -2.46. The van der Waals surface area contributed by atoms with E-state index in [1.807, 2.05) is 4.90 Å². The summed E-state index contributed by atoms with van der Waals surface area (Å²) in [5, 5.41) is 5.93. The molecule has 1 saturated heterocycles. The molecule has 28 heavy (non-hydrogen) atoms. The van der Waals surface area contributed by atoms with Gasteiger partial charge in [0.2, 0.25) is 11.8 Å². The van der Waals surface area contributed by atoms with Gasteiger partial charge in [0.05, 0.1) is 0 Å². The van der Waals surface area contributed by atoms with Gasteiger partial charge in [0.1, 0.15) is 0 Å². The molecule has 1 aliphatic heterocycles. The van der Waals surface area contributed by atoms with Crippen molar-refractivity contribution in [2.75, 3.05) is 18.4 Å². The summed E-state index contributed by atoms with van der Waals surface area (Å²) in [7, 11) is 0. The Bertz CT molecular complexity index is 700. The van der Waals surface area contributed by atoms with Crippen LogP contribution in [0.1, 0.15) is 62.7 Å². The first kappa shape index (κ1) is 20.4. The second-order valence-electron chi connectivity index (χ2n) is 8.29. The molecule has 1 aromatic rings. The van der Waals surface area contributed by atoms with Gasteiger partial charge in [-0.3, -0.25) is 14.4 Å². The van der Waals surface area contributed by atoms with Crippen molar-refractivity contribution in [2.45, 2.75) is 58.4 Å². The van der Waals surface area contributed by atoms with Crippen molar-refractivity contribution in [3.8, 4) is 0 Å². The van der Waals surface area contributed by atoms with E-state index in [-0.39, 0.29) is 23.6 Å². The van der Waals surface area contributed by atoms with E-state index in [4.69, 9.17) is 0 Å². The van der Waals surface area contributed by atoms with Gasteiger partial charge in [0.15, 0.2) is 0 Å². The van der Waals surface area contributed by atoms with E-state index >= 15 is 0 Å². The number of benzene rings is 1. The Hall–Kier alpha value is -2.37. The van der Waals surface area contributed by atoms with Crippen LogP contribution in [0.5, 0.6) is 0 Å². The highest BCUT2D eigenvalue weighted by molar-refractivity contribution is 5.95. The molecule has 6 heteroatoms. The van der Waals surface area contributed by atoms with Crippen LogP contribution in [0.15, 0.2) is 24.3 Å². The van der Waals surface area contributed by atoms with E-state index in [1.165, 1.54) is 19.8 Å². The molecular weight excluding hydrogens is 354 g/mol. The lowest BCUT2D eigenvalue weighted by Gasteiger charge is -2.33. The van der Waals surface area contributed by atoms with Gasteiger partial charge in [-0.05, 0) is 68.7 Å². The number of piperidine rings is 1. The number of carbonyl (C=O) groups excluding carboxylic acids is 3. The van der Waals surface area contributed by atoms with Crippen molar-refractivity contribution in [3.63, 3.8) is 0 Å². The van der Waals surface area contributed by atoms with E-state index < -0.39 is 0 Å². The SMILES string of the molecule is CC(=O)Nc1ccc(C(=O)N2CCC(C(=O)NC3CCC(C)CC3)CC2)cc1. The molecule has 1 saturated carbocycles. The summed E-state index contributed by atoms with van der Waals surface area (Å²) in [5.41, 5.74) is 1.28. The minimum Gasteiger partial charge on any atom is -0.353 e. The van der Waals surface area contributed by atoms with E-state index in [2.05, 4.69) is 17.6 Å². The number of nitrogens with one attached hydrogen (secondary N) is 2. The smallest absolute Gasteiger partial charge is 0.253 e. The highest BCUT2D eigenvalue weighted by Crippen LogP contribution is 2.25. The minimum atomic E-state index is -0.137. The van der Waals surface area contributed by atoms with Gasteiger partial charge < -0.3 is 15.5 Å². The Kier molecular flexibility index (Phi) is 6.70. The van der Waals surface area contributed by atoms with Gasteiger partial charge in [-0.25, -0.2) is 0 Å². The summed E-state index contributed by atoms with van der Waals surface area (Å²) in [6.45, 7) is 4.93. The highest BCUT2D eigenvalue weighted by atomic mass is 16.2. The first-order valence-corrected chi connectivity index (χ1v) is 10.4. The van der Waals surface area contributed by atoms with E-state index in [0.29, 0.717) is 43.2 Å². The molecule has 0 spiro atoms. The quantitative estimate of drug-likeness (QED) is 0.835. The number of anilines is 1. The highest BCUT2D eigenvalue weighted by Gasteiger charge is 2.29. The zero-order valence-electron chi connectivity index (χ0n) is 16.9. The molecule has 0 bridgehead atoms. The second kappa shape index (κ2) is 9.22. The zero-order chi connectivity index (χ0) is 20.1. The molecular formula is C22H31N3O3. The molecule has 152 valence electrons. The molecule has 3 rings (SSSR count). The number of nitrogens with zero attached hydrogens (tertiary/aromatic N) is 1. The zero-order valence-corrected chi connectivity index (χ0v) is 16.9. The average molecular weight is 386 g/mol. The Morgan fingerprint density at radius 2 is 1.54 bits per heavy atom. The van der Waals surface area contributed by atoms with E-state index in [0.717, 1.165) is 18.8 Å². The van der Waals surface area contributed by atoms with Crippen LogP contribution in [-0.4, -0.2) is 41.8 Å². The van der Waals surface area contributed by atoms with Crippen LogP contribution < -0.4 is 10.6 Å². The van der Waals surface area contributed by atoms with Crippen LogP contribution in [0, 0.1) is 11.8 Å². The molecule has 2 fully saturated rings. The Morgan fingerprint density at radius 3 is 2.11 bits per heavy atom. The summed E-state index contributed by atoms with van der Waals surface area (Å²) >= 11 is 0. The fraction of sp³-hybridized carbons (Fsp3) is 0.591. The van der Waals surface area contributed by atoms with Gasteiger partial charge in [-0.1, -0.05) is 6.92 Å². The molecule has 1 aromatic carbocycles. The fourth-order valence-electron chi connectivity index (χ4n) is 4.15. The van der Waals surface area contributed by atoms with Gasteiger partial charge in [0, 0.05) is 43.2 Å². The summed E-state index contributed by atoms with van der Waals surface area (Å²) in [4.78, 5) is 38.2. The van der Waals surface area contributed by atoms with Gasteiger partial charge in [0.25, 0.3) is 5.91 Å². The third-order valence-corrected chi connectivity index (χ3v) is 5.97. The van der Waals surface area contributed by atoms with Crippen LogP contribution in [0.3, 0.4) is 0 Å². The molecule has 1 heterocycles. The average Bonchev–Trinajstić information content (AvgIpc) is 2.69. The van der Waals surface area contributed by atoms with Crippen LogP contribution in [-0.2, 0) is 9.59 Å². The first-order chi connectivity index (χ1) is 13.4. The predicted octanol–water partition coefficient (Wildman–Crippen LogP) is 3.19. The predicted molar refractivity (Wildman–Crippen MR) is 109 cm³/mol. The standard InChI is InChI=1S/C22H31N3O3/c1-15-3-7-20(8-4-15)24-21(27)17-11-13-25(14-12-17)22(28)18-5-9-19(10-6-18)23-16(2)26/h5-6,9-10,15,17,20H,3-4,7-8,11-14H2,1-2H3,(H,23,26)(H,24,27). The van der Waals surface area contributed by atoms with Crippen molar-refractivity contribution >= 4 is 23.4 Å². The molecule has 0 aromatic heterocycles. The second-order valence-corrected chi connectivity index (χ2v) is 8.29. The molecule has 2 aliphatic rings. The van der Waals surface area contributed by atoms with Crippen molar-refractivity contribution < 1.29 is 14.4 Å². The van der Waals surface area contributed by atoms with Crippen molar-refractivity contribution in [1.82, 2.24) is 10.2 Å². The van der Waals surface area contributed by atoms with Crippen molar-refractivity contribution in [2.24, 2.45) is 11.8 Å². The maximum atomic E-state index is 12.7. The number of amides is 3. The lowest BCUT2D eigenvalue weighted by molar-refractivity contribution is -0.127. The van der Waals surface area contributed by atoms with Crippen LogP contribution in [0.25, 0.3) is 0 Å². The number of hydrogen-bond donors (Lipinski definition) is 2. The Labute approximate surface area is 167 Å². The van der Waals surface area contributed by atoms with Crippen LogP contribution >= 0.6 is 0 Å². The first-order valence-electron chi connectivity index (χ1n) is 10.4. The Morgan fingerprint density at radius 1 is 0.929 bits per heavy atom.